The van der Waals surface area contributed by atoms with Crippen LogP contribution in [-0.4, -0.2) is 24.7 Å². The minimum Gasteiger partial charge on any atom is -0.459 e. The van der Waals surface area contributed by atoms with Crippen LogP contribution in [0, 0.1) is 11.8 Å². The molecule has 0 radical (unpaired) electrons. The maximum atomic E-state index is 12.9. The summed E-state index contributed by atoms with van der Waals surface area (Å²) < 4.78 is 6.00. The van der Waals surface area contributed by atoms with Gasteiger partial charge in [0.2, 0.25) is 0 Å². The van der Waals surface area contributed by atoms with Crippen LogP contribution in [0.25, 0.3) is 0 Å². The molecule has 1 heterocycles. The second kappa shape index (κ2) is 7.67. The molecule has 0 bridgehead atoms. The monoisotopic (exact) mass is 338 g/mol. The Kier molecular flexibility index (Phi) is 6.10. The van der Waals surface area contributed by atoms with Gasteiger partial charge in [0, 0.05) is 23.8 Å². The molecule has 1 aliphatic rings. The zero-order valence-corrected chi connectivity index (χ0v) is 15.4. The van der Waals surface area contributed by atoms with Crippen molar-refractivity contribution in [3.8, 4) is 0 Å². The Labute approximate surface area is 144 Å². The van der Waals surface area contributed by atoms with E-state index in [2.05, 4.69) is 33.0 Å². The first-order valence-electron chi connectivity index (χ1n) is 8.61. The summed E-state index contributed by atoms with van der Waals surface area (Å²) >= 11 is 5.96. The van der Waals surface area contributed by atoms with E-state index >= 15 is 0 Å². The van der Waals surface area contributed by atoms with Gasteiger partial charge in [-0.15, -0.1) is 0 Å². The molecule has 1 atom stereocenters. The van der Waals surface area contributed by atoms with Crippen molar-refractivity contribution in [1.82, 2.24) is 0 Å². The average molecular weight is 339 g/mol. The highest BCUT2D eigenvalue weighted by Gasteiger charge is 2.38. The lowest BCUT2D eigenvalue weighted by Crippen LogP contribution is -2.86. The first kappa shape index (κ1) is 18.3. The van der Waals surface area contributed by atoms with Crippen molar-refractivity contribution >= 4 is 17.6 Å². The molecule has 3 nitrogen and oxygen atoms in total. The number of rotatable bonds is 5. The standard InChI is InChI=1S/C19H28ClNO2/c1-13(2)17(14-5-7-16(20)8-6-14)18(22)23-19(3,4)15-9-11-21-12-10-15/h5-8,13,15,17,21H,9-12H2,1-4H3/p+1. The van der Waals surface area contributed by atoms with E-state index in [9.17, 15) is 4.79 Å². The highest BCUT2D eigenvalue weighted by atomic mass is 35.5. The van der Waals surface area contributed by atoms with Crippen LogP contribution in [0.4, 0.5) is 0 Å². The summed E-state index contributed by atoms with van der Waals surface area (Å²) in [5, 5.41) is 3.02. The summed E-state index contributed by atoms with van der Waals surface area (Å²) in [4.78, 5) is 12.9. The predicted octanol–water partition coefficient (Wildman–Crippen LogP) is 3.37. The molecule has 0 spiro atoms. The first-order chi connectivity index (χ1) is 10.8. The average Bonchev–Trinajstić information content (AvgIpc) is 2.49. The number of hydrogen-bond donors (Lipinski definition) is 1. The largest absolute Gasteiger partial charge is 0.459 e. The molecule has 1 aliphatic heterocycles. The number of esters is 1. The van der Waals surface area contributed by atoms with Gasteiger partial charge in [-0.2, -0.15) is 0 Å². The number of carbonyl (C=O) groups excluding carboxylic acids is 1. The van der Waals surface area contributed by atoms with Crippen molar-refractivity contribution in [2.75, 3.05) is 13.1 Å². The molecule has 1 saturated heterocycles. The minimum absolute atomic E-state index is 0.123. The molecule has 2 N–H and O–H groups in total. The Hall–Kier alpha value is -1.06. The van der Waals surface area contributed by atoms with E-state index in [0.717, 1.165) is 31.5 Å². The van der Waals surface area contributed by atoms with Gasteiger partial charge < -0.3 is 10.1 Å². The molecule has 0 aliphatic carbocycles. The van der Waals surface area contributed by atoms with Crippen molar-refractivity contribution in [3.05, 3.63) is 34.9 Å². The molecular weight excluding hydrogens is 310 g/mol. The van der Waals surface area contributed by atoms with Crippen molar-refractivity contribution in [3.63, 3.8) is 0 Å². The smallest absolute Gasteiger partial charge is 0.314 e. The van der Waals surface area contributed by atoms with Gasteiger partial charge in [0.1, 0.15) is 5.60 Å². The van der Waals surface area contributed by atoms with Crippen molar-refractivity contribution < 1.29 is 14.8 Å². The van der Waals surface area contributed by atoms with Gasteiger partial charge in [-0.3, -0.25) is 4.79 Å². The zero-order chi connectivity index (χ0) is 17.0. The third-order valence-electron chi connectivity index (χ3n) is 4.94. The summed E-state index contributed by atoms with van der Waals surface area (Å²) in [6, 6.07) is 7.52. The SMILES string of the molecule is CC(C)C(C(=O)OC(C)(C)C1CC[NH2+]CC1)c1ccc(Cl)cc1. The Morgan fingerprint density at radius 3 is 2.30 bits per heavy atom. The molecule has 0 aromatic heterocycles. The molecule has 2 rings (SSSR count). The van der Waals surface area contributed by atoms with E-state index < -0.39 is 5.60 Å². The fourth-order valence-electron chi connectivity index (χ4n) is 3.49. The van der Waals surface area contributed by atoms with E-state index in [1.165, 1.54) is 0 Å². The van der Waals surface area contributed by atoms with Crippen LogP contribution in [0.3, 0.4) is 0 Å². The van der Waals surface area contributed by atoms with Gasteiger partial charge >= 0.3 is 5.97 Å². The fourth-order valence-corrected chi connectivity index (χ4v) is 3.62. The van der Waals surface area contributed by atoms with Crippen molar-refractivity contribution in [2.45, 2.75) is 52.1 Å². The number of nitrogens with two attached hydrogens (primary N) is 1. The lowest BCUT2D eigenvalue weighted by Gasteiger charge is -2.37. The van der Waals surface area contributed by atoms with E-state index in [4.69, 9.17) is 16.3 Å². The summed E-state index contributed by atoms with van der Waals surface area (Å²) in [5.41, 5.74) is 0.562. The Morgan fingerprint density at radius 2 is 1.78 bits per heavy atom. The van der Waals surface area contributed by atoms with Crippen LogP contribution in [0.2, 0.25) is 5.02 Å². The normalized spacial score (nSPS) is 18.0. The molecular formula is C19H29ClNO2+. The Bertz CT molecular complexity index is 519. The highest BCUT2D eigenvalue weighted by molar-refractivity contribution is 6.30. The maximum absolute atomic E-state index is 12.9. The van der Waals surface area contributed by atoms with E-state index in [-0.39, 0.29) is 17.8 Å². The third kappa shape index (κ3) is 4.71. The zero-order valence-electron chi connectivity index (χ0n) is 14.6. The summed E-state index contributed by atoms with van der Waals surface area (Å²) in [6.45, 7) is 10.5. The molecule has 1 aromatic carbocycles. The molecule has 0 saturated carbocycles. The fraction of sp³-hybridized carbons (Fsp3) is 0.632. The number of benzene rings is 1. The van der Waals surface area contributed by atoms with Gasteiger partial charge in [-0.25, -0.2) is 0 Å². The van der Waals surface area contributed by atoms with E-state index in [1.54, 1.807) is 0 Å². The van der Waals surface area contributed by atoms with Crippen molar-refractivity contribution in [1.29, 1.82) is 0 Å². The highest BCUT2D eigenvalue weighted by Crippen LogP contribution is 2.33. The van der Waals surface area contributed by atoms with E-state index in [1.807, 2.05) is 24.3 Å². The predicted molar refractivity (Wildman–Crippen MR) is 93.6 cm³/mol. The van der Waals surface area contributed by atoms with Gasteiger partial charge in [0.25, 0.3) is 0 Å². The summed E-state index contributed by atoms with van der Waals surface area (Å²) in [5.74, 6) is 0.247. The van der Waals surface area contributed by atoms with Crippen LogP contribution < -0.4 is 5.32 Å². The minimum atomic E-state index is -0.412. The van der Waals surface area contributed by atoms with E-state index in [0.29, 0.717) is 10.9 Å². The lowest BCUT2D eigenvalue weighted by molar-refractivity contribution is -0.665. The topological polar surface area (TPSA) is 42.9 Å². The second-order valence-electron chi connectivity index (χ2n) is 7.44. The third-order valence-corrected chi connectivity index (χ3v) is 5.19. The Morgan fingerprint density at radius 1 is 1.22 bits per heavy atom. The molecule has 1 unspecified atom stereocenters. The molecule has 23 heavy (non-hydrogen) atoms. The number of ether oxygens (including phenoxy) is 1. The van der Waals surface area contributed by atoms with Gasteiger partial charge in [0.15, 0.2) is 0 Å². The molecule has 4 heteroatoms. The van der Waals surface area contributed by atoms with Crippen LogP contribution in [0.15, 0.2) is 24.3 Å². The van der Waals surface area contributed by atoms with Crippen LogP contribution in [-0.2, 0) is 9.53 Å². The first-order valence-corrected chi connectivity index (χ1v) is 8.99. The van der Waals surface area contributed by atoms with Gasteiger partial charge in [-0.1, -0.05) is 37.6 Å². The molecule has 1 fully saturated rings. The quantitative estimate of drug-likeness (QED) is 0.836. The number of halogens is 1. The van der Waals surface area contributed by atoms with Crippen LogP contribution in [0.5, 0.6) is 0 Å². The number of carbonyl (C=O) groups is 1. The van der Waals surface area contributed by atoms with Crippen LogP contribution >= 0.6 is 11.6 Å². The van der Waals surface area contributed by atoms with Gasteiger partial charge in [0.05, 0.1) is 19.0 Å². The van der Waals surface area contributed by atoms with Gasteiger partial charge in [-0.05, 0) is 37.5 Å². The second-order valence-corrected chi connectivity index (χ2v) is 7.87. The Balaban J connectivity index is 2.13. The summed E-state index contributed by atoms with van der Waals surface area (Å²) in [7, 11) is 0. The summed E-state index contributed by atoms with van der Waals surface area (Å²) in [6.07, 6.45) is 2.21. The van der Waals surface area contributed by atoms with Crippen molar-refractivity contribution in [2.24, 2.45) is 11.8 Å². The molecule has 0 amide bonds. The lowest BCUT2D eigenvalue weighted by atomic mass is 9.82. The molecule has 128 valence electrons. The number of hydrogen-bond acceptors (Lipinski definition) is 2. The van der Waals surface area contributed by atoms with Crippen LogP contribution in [0.1, 0.15) is 52.0 Å². The number of quaternary nitrogens is 1. The molecule has 1 aromatic rings. The maximum Gasteiger partial charge on any atom is 0.314 e. The number of piperidine rings is 1.